The molecule has 114 valence electrons. The predicted octanol–water partition coefficient (Wildman–Crippen LogP) is 3.36. The van der Waals surface area contributed by atoms with Crippen LogP contribution in [0.25, 0.3) is 10.4 Å². The largest absolute Gasteiger partial charge is 0.397 e. The summed E-state index contributed by atoms with van der Waals surface area (Å²) in [6.07, 6.45) is 1.87. The van der Waals surface area contributed by atoms with Crippen LogP contribution in [0, 0.1) is 11.3 Å². The molecule has 1 aliphatic heterocycles. The number of nitrogens with two attached hydrogens (primary N) is 1. The fourth-order valence-corrected chi connectivity index (χ4v) is 4.02. The number of anilines is 2. The molecule has 2 aromatic rings. The second-order valence-electron chi connectivity index (χ2n) is 6.37. The van der Waals surface area contributed by atoms with E-state index in [1.165, 1.54) is 4.88 Å². The van der Waals surface area contributed by atoms with Crippen molar-refractivity contribution in [2.24, 2.45) is 11.3 Å². The lowest BCUT2D eigenvalue weighted by Crippen LogP contribution is -2.54. The Morgan fingerprint density at radius 3 is 2.77 bits per heavy atom. The SMILES string of the molecule is Nc1ccc(-c2cccs2)cc1NC(=O)C1CC2(COC2)C1. The molecular formula is C17H18N2O2S. The predicted molar refractivity (Wildman–Crippen MR) is 88.8 cm³/mol. The Morgan fingerprint density at radius 1 is 1.32 bits per heavy atom. The minimum atomic E-state index is 0.0764. The van der Waals surface area contributed by atoms with Crippen LogP contribution in [0.1, 0.15) is 12.8 Å². The third kappa shape index (κ3) is 2.30. The normalized spacial score (nSPS) is 19.5. The van der Waals surface area contributed by atoms with Gasteiger partial charge in [0.25, 0.3) is 0 Å². The number of amides is 1. The van der Waals surface area contributed by atoms with Crippen LogP contribution >= 0.6 is 11.3 Å². The molecule has 4 nitrogen and oxygen atoms in total. The highest BCUT2D eigenvalue weighted by Gasteiger charge is 2.52. The Hall–Kier alpha value is -1.85. The van der Waals surface area contributed by atoms with E-state index in [-0.39, 0.29) is 11.8 Å². The number of thiophene rings is 1. The van der Waals surface area contributed by atoms with Crippen LogP contribution < -0.4 is 11.1 Å². The van der Waals surface area contributed by atoms with Crippen LogP contribution in [-0.2, 0) is 9.53 Å². The summed E-state index contributed by atoms with van der Waals surface area (Å²) in [5.41, 5.74) is 8.70. The highest BCUT2D eigenvalue weighted by atomic mass is 32.1. The summed E-state index contributed by atoms with van der Waals surface area (Å²) in [5.74, 6) is 0.168. The number of benzene rings is 1. The van der Waals surface area contributed by atoms with Gasteiger partial charge in [0.2, 0.25) is 5.91 Å². The summed E-state index contributed by atoms with van der Waals surface area (Å²) >= 11 is 1.67. The van der Waals surface area contributed by atoms with Gasteiger partial charge >= 0.3 is 0 Å². The molecule has 0 atom stereocenters. The van der Waals surface area contributed by atoms with Gasteiger partial charge in [-0.2, -0.15) is 0 Å². The van der Waals surface area contributed by atoms with Crippen molar-refractivity contribution < 1.29 is 9.53 Å². The fraction of sp³-hybridized carbons (Fsp3) is 0.353. The van der Waals surface area contributed by atoms with Crippen molar-refractivity contribution in [3.8, 4) is 10.4 Å². The molecule has 0 bridgehead atoms. The van der Waals surface area contributed by atoms with E-state index >= 15 is 0 Å². The molecule has 3 N–H and O–H groups in total. The lowest BCUT2D eigenvalue weighted by atomic mass is 9.60. The fourth-order valence-electron chi connectivity index (χ4n) is 3.29. The summed E-state index contributed by atoms with van der Waals surface area (Å²) in [5, 5.41) is 5.04. The highest BCUT2D eigenvalue weighted by molar-refractivity contribution is 7.13. The molecule has 1 aromatic carbocycles. The maximum absolute atomic E-state index is 12.4. The van der Waals surface area contributed by atoms with Crippen molar-refractivity contribution in [2.45, 2.75) is 12.8 Å². The maximum atomic E-state index is 12.4. The van der Waals surface area contributed by atoms with E-state index in [1.54, 1.807) is 11.3 Å². The number of hydrogen-bond acceptors (Lipinski definition) is 4. The molecule has 2 heterocycles. The van der Waals surface area contributed by atoms with Gasteiger partial charge in [-0.15, -0.1) is 11.3 Å². The van der Waals surface area contributed by atoms with Crippen molar-refractivity contribution in [1.82, 2.24) is 0 Å². The van der Waals surface area contributed by atoms with E-state index in [1.807, 2.05) is 29.6 Å². The Bertz CT molecular complexity index is 699. The maximum Gasteiger partial charge on any atom is 0.227 e. The molecule has 2 fully saturated rings. The van der Waals surface area contributed by atoms with Gasteiger partial charge < -0.3 is 15.8 Å². The summed E-state index contributed by atoms with van der Waals surface area (Å²) in [6, 6.07) is 9.88. The van der Waals surface area contributed by atoms with Crippen LogP contribution in [0.2, 0.25) is 0 Å². The van der Waals surface area contributed by atoms with E-state index in [4.69, 9.17) is 10.5 Å². The molecule has 22 heavy (non-hydrogen) atoms. The molecule has 1 aliphatic carbocycles. The average molecular weight is 314 g/mol. The van der Waals surface area contributed by atoms with Gasteiger partial charge in [0.05, 0.1) is 24.6 Å². The molecule has 1 spiro atoms. The molecule has 1 aromatic heterocycles. The molecular weight excluding hydrogens is 296 g/mol. The third-order valence-electron chi connectivity index (χ3n) is 4.66. The highest BCUT2D eigenvalue weighted by Crippen LogP contribution is 2.51. The first-order valence-corrected chi connectivity index (χ1v) is 8.35. The Labute approximate surface area is 133 Å². The summed E-state index contributed by atoms with van der Waals surface area (Å²) < 4.78 is 5.25. The Balaban J connectivity index is 1.48. The van der Waals surface area contributed by atoms with Gasteiger partial charge in [0.15, 0.2) is 0 Å². The molecule has 1 amide bonds. The van der Waals surface area contributed by atoms with E-state index < -0.39 is 0 Å². The van der Waals surface area contributed by atoms with Crippen LogP contribution in [0.15, 0.2) is 35.7 Å². The summed E-state index contributed by atoms with van der Waals surface area (Å²) in [4.78, 5) is 13.5. The standard InChI is InChI=1S/C17H18N2O2S/c18-13-4-3-11(15-2-1-5-22-15)6-14(13)19-16(20)12-7-17(8-12)9-21-10-17/h1-6,12H,7-10,18H2,(H,19,20). The molecule has 5 heteroatoms. The monoisotopic (exact) mass is 314 g/mol. The van der Waals surface area contributed by atoms with Gasteiger partial charge in [-0.05, 0) is 42.0 Å². The van der Waals surface area contributed by atoms with Crippen molar-refractivity contribution >= 4 is 28.6 Å². The van der Waals surface area contributed by atoms with Gasteiger partial charge in [0, 0.05) is 16.2 Å². The van der Waals surface area contributed by atoms with Gasteiger partial charge in [0.1, 0.15) is 0 Å². The van der Waals surface area contributed by atoms with Gasteiger partial charge in [-0.3, -0.25) is 4.79 Å². The number of carbonyl (C=O) groups is 1. The minimum absolute atomic E-state index is 0.0764. The quantitative estimate of drug-likeness (QED) is 0.854. The lowest BCUT2D eigenvalue weighted by molar-refractivity contribution is -0.181. The van der Waals surface area contributed by atoms with E-state index in [9.17, 15) is 4.79 Å². The second-order valence-corrected chi connectivity index (χ2v) is 7.31. The van der Waals surface area contributed by atoms with Crippen LogP contribution in [0.3, 0.4) is 0 Å². The van der Waals surface area contributed by atoms with Crippen LogP contribution in [-0.4, -0.2) is 19.1 Å². The minimum Gasteiger partial charge on any atom is -0.397 e. The Morgan fingerprint density at radius 2 is 2.14 bits per heavy atom. The van der Waals surface area contributed by atoms with Crippen molar-refractivity contribution in [3.05, 3.63) is 35.7 Å². The topological polar surface area (TPSA) is 64.3 Å². The zero-order chi connectivity index (χ0) is 15.2. The number of hydrogen-bond donors (Lipinski definition) is 2. The van der Waals surface area contributed by atoms with Crippen molar-refractivity contribution in [1.29, 1.82) is 0 Å². The zero-order valence-electron chi connectivity index (χ0n) is 12.2. The summed E-state index contributed by atoms with van der Waals surface area (Å²) in [6.45, 7) is 1.62. The van der Waals surface area contributed by atoms with E-state index in [0.29, 0.717) is 16.8 Å². The summed E-state index contributed by atoms with van der Waals surface area (Å²) in [7, 11) is 0. The van der Waals surface area contributed by atoms with E-state index in [0.717, 1.165) is 31.6 Å². The zero-order valence-corrected chi connectivity index (χ0v) is 13.0. The van der Waals surface area contributed by atoms with Crippen LogP contribution in [0.4, 0.5) is 11.4 Å². The molecule has 1 saturated carbocycles. The average Bonchev–Trinajstić information content (AvgIpc) is 2.92. The van der Waals surface area contributed by atoms with Gasteiger partial charge in [-0.25, -0.2) is 0 Å². The first-order valence-electron chi connectivity index (χ1n) is 7.47. The number of carbonyl (C=O) groups excluding carboxylic acids is 1. The third-order valence-corrected chi connectivity index (χ3v) is 5.58. The van der Waals surface area contributed by atoms with Gasteiger partial charge in [-0.1, -0.05) is 12.1 Å². The Kier molecular flexibility index (Phi) is 3.20. The number of nitrogens with one attached hydrogen (secondary N) is 1. The molecule has 0 unspecified atom stereocenters. The first-order chi connectivity index (χ1) is 10.7. The smallest absolute Gasteiger partial charge is 0.227 e. The number of rotatable bonds is 3. The molecule has 4 rings (SSSR count). The molecule has 0 radical (unpaired) electrons. The molecule has 2 aliphatic rings. The molecule has 1 saturated heterocycles. The van der Waals surface area contributed by atoms with Crippen LogP contribution in [0.5, 0.6) is 0 Å². The first kappa shape index (κ1) is 13.8. The van der Waals surface area contributed by atoms with Crippen molar-refractivity contribution in [2.75, 3.05) is 24.3 Å². The number of ether oxygens (including phenoxy) is 1. The van der Waals surface area contributed by atoms with E-state index in [2.05, 4.69) is 11.4 Å². The lowest BCUT2D eigenvalue weighted by Gasteiger charge is -2.52. The second kappa shape index (κ2) is 5.11. The van der Waals surface area contributed by atoms with Crippen molar-refractivity contribution in [3.63, 3.8) is 0 Å². The number of nitrogen functional groups attached to an aromatic ring is 1.